The van der Waals surface area contributed by atoms with Gasteiger partial charge in [-0.15, -0.1) is 0 Å². The Kier molecular flexibility index (Phi) is 83.1. The molecule has 0 aromatic heterocycles. The van der Waals surface area contributed by atoms with Crippen LogP contribution in [0.1, 0.15) is 206 Å². The molecule has 0 spiro atoms. The first-order valence-electron chi connectivity index (χ1n) is 42.9. The molecule has 0 amide bonds. The summed E-state index contributed by atoms with van der Waals surface area (Å²) in [6.07, 6.45) is 0. The summed E-state index contributed by atoms with van der Waals surface area (Å²) >= 11 is 0. The van der Waals surface area contributed by atoms with Gasteiger partial charge in [0.2, 0.25) is 0 Å². The van der Waals surface area contributed by atoms with Crippen LogP contribution in [0, 0.1) is 0 Å². The van der Waals surface area contributed by atoms with Crippen LogP contribution >= 0.6 is 0 Å². The fourth-order valence-electron chi connectivity index (χ4n) is 9.96. The molecule has 0 fully saturated rings. The lowest BCUT2D eigenvalue weighted by Gasteiger charge is -2.18. The predicted octanol–water partition coefficient (Wildman–Crippen LogP) is 33.5. The third kappa shape index (κ3) is 44.0. The molecule has 0 saturated carbocycles. The minimum Gasteiger partial charge on any atom is -0.497 e. The SMILES string of the molecule is CC.CC.CC.CC.CC.CC.CC.CC.CC.CC.CC.CC.CC.COc1ccc(C(C)(C)C)cc1.COc1ccc(OC)c2ccccc12.COc1ccc2c(OC)cccc2c1.COc1ccc2ccc(OC)cc2c1.COc1ccc2ccccc2c1.COc1cccc2c(OC)cccc12.COc1cccc2ccccc12. The second kappa shape index (κ2) is 81.4. The quantitative estimate of drug-likeness (QED) is 0.124. The molecule has 0 N–H and O–H groups in total. The lowest BCUT2D eigenvalue weighted by atomic mass is 9.87. The van der Waals surface area contributed by atoms with Gasteiger partial charge in [-0.2, -0.15) is 0 Å². The highest BCUT2D eigenvalue weighted by Crippen LogP contribution is 2.35. The molecule has 0 radical (unpaired) electrons. The number of methoxy groups -OCH3 is 11. The van der Waals surface area contributed by atoms with Gasteiger partial charge in [0, 0.05) is 32.3 Å². The topological polar surface area (TPSA) is 102 Å². The molecule has 13 rings (SSSR count). The maximum absolute atomic E-state index is 5.27. The van der Waals surface area contributed by atoms with Crippen molar-refractivity contribution in [3.8, 4) is 63.2 Å². The molecule has 0 unspecified atom stereocenters. The normalized spacial score (nSPS) is 8.68. The highest BCUT2D eigenvalue weighted by molar-refractivity contribution is 5.95. The van der Waals surface area contributed by atoms with E-state index in [0.717, 1.165) is 101 Å². The van der Waals surface area contributed by atoms with E-state index in [0.29, 0.717) is 0 Å². The molecule has 0 atom stereocenters. The molecule has 0 saturated heterocycles. The van der Waals surface area contributed by atoms with Crippen molar-refractivity contribution in [1.29, 1.82) is 0 Å². The van der Waals surface area contributed by atoms with E-state index in [9.17, 15) is 0 Å². The van der Waals surface area contributed by atoms with E-state index in [4.69, 9.17) is 52.1 Å². The van der Waals surface area contributed by atoms with Gasteiger partial charge >= 0.3 is 0 Å². The minimum atomic E-state index is 0.228. The summed E-state index contributed by atoms with van der Waals surface area (Å²) in [5.74, 6) is 9.77. The van der Waals surface area contributed by atoms with Gasteiger partial charge in [-0.05, 0) is 146 Å². The van der Waals surface area contributed by atoms with Gasteiger partial charge in [-0.1, -0.05) is 352 Å². The Morgan fingerprint density at radius 1 is 0.153 bits per heavy atom. The predicted molar refractivity (Wildman–Crippen MR) is 528 cm³/mol. The summed E-state index contributed by atoms with van der Waals surface area (Å²) in [5.41, 5.74) is 1.56. The molecule has 656 valence electrons. The number of ether oxygens (including phenoxy) is 11. The summed E-state index contributed by atoms with van der Waals surface area (Å²) in [7, 11) is 18.5. The van der Waals surface area contributed by atoms with Gasteiger partial charge in [-0.25, -0.2) is 0 Å². The van der Waals surface area contributed by atoms with Crippen molar-refractivity contribution in [2.75, 3.05) is 78.2 Å². The number of benzene rings is 13. The van der Waals surface area contributed by atoms with Crippen LogP contribution in [0.4, 0.5) is 0 Å². The zero-order chi connectivity index (χ0) is 91.8. The summed E-state index contributed by atoms with van der Waals surface area (Å²) in [6.45, 7) is 58.6. The molecule has 118 heavy (non-hydrogen) atoms. The van der Waals surface area contributed by atoms with Gasteiger partial charge in [0.15, 0.2) is 0 Å². The van der Waals surface area contributed by atoms with Crippen molar-refractivity contribution >= 4 is 64.6 Å². The lowest BCUT2D eigenvalue weighted by Crippen LogP contribution is -2.10. The average molecular weight is 1620 g/mol. The number of hydrogen-bond acceptors (Lipinski definition) is 11. The van der Waals surface area contributed by atoms with Gasteiger partial charge < -0.3 is 52.1 Å². The van der Waals surface area contributed by atoms with Crippen LogP contribution in [0.2, 0.25) is 0 Å². The van der Waals surface area contributed by atoms with Gasteiger partial charge in [0.25, 0.3) is 0 Å². The lowest BCUT2D eigenvalue weighted by molar-refractivity contribution is 0.410. The highest BCUT2D eigenvalue weighted by Gasteiger charge is 2.13. The average Bonchev–Trinajstić information content (AvgIpc) is 0.806. The van der Waals surface area contributed by atoms with Crippen LogP contribution in [0.5, 0.6) is 63.2 Å². The second-order valence-electron chi connectivity index (χ2n) is 21.5. The van der Waals surface area contributed by atoms with E-state index >= 15 is 0 Å². The third-order valence-corrected chi connectivity index (χ3v) is 15.0. The molecule has 11 heteroatoms. The molecule has 0 heterocycles. The van der Waals surface area contributed by atoms with E-state index in [-0.39, 0.29) is 5.41 Å². The fraction of sp³-hybridized carbons (Fsp3) is 0.383. The van der Waals surface area contributed by atoms with Crippen molar-refractivity contribution in [2.24, 2.45) is 0 Å². The zero-order valence-electron chi connectivity index (χ0n) is 81.2. The number of rotatable bonds is 11. The molecular weight excluding hydrogens is 1460 g/mol. The first-order chi connectivity index (χ1) is 57.8. The van der Waals surface area contributed by atoms with Gasteiger partial charge in [0.05, 0.1) is 78.2 Å². The van der Waals surface area contributed by atoms with E-state index in [2.05, 4.69) is 69.3 Å². The van der Waals surface area contributed by atoms with Crippen molar-refractivity contribution in [3.63, 3.8) is 0 Å². The van der Waals surface area contributed by atoms with Crippen LogP contribution in [-0.2, 0) is 5.41 Å². The minimum absolute atomic E-state index is 0.228. The Hall–Kier alpha value is -10.8. The Bertz CT molecular complexity index is 4210. The summed E-state index contributed by atoms with van der Waals surface area (Å²) in [4.78, 5) is 0. The molecule has 13 aromatic rings. The van der Waals surface area contributed by atoms with Crippen LogP contribution < -0.4 is 52.1 Å². The first kappa shape index (κ1) is 120. The first-order valence-corrected chi connectivity index (χ1v) is 42.9. The molecule has 0 aliphatic rings. The van der Waals surface area contributed by atoms with E-state index in [1.54, 1.807) is 78.2 Å². The van der Waals surface area contributed by atoms with E-state index < -0.39 is 0 Å². The molecular formula is C107H162O11. The Balaban J connectivity index is -0.000000233. The van der Waals surface area contributed by atoms with Gasteiger partial charge in [-0.3, -0.25) is 0 Å². The van der Waals surface area contributed by atoms with E-state index in [1.807, 2.05) is 386 Å². The molecule has 0 aliphatic carbocycles. The Morgan fingerprint density at radius 2 is 0.364 bits per heavy atom. The van der Waals surface area contributed by atoms with Crippen molar-refractivity contribution < 1.29 is 52.1 Å². The third-order valence-electron chi connectivity index (χ3n) is 15.0. The summed E-state index contributed by atoms with van der Waals surface area (Å²) in [6, 6.07) is 84.4. The fourth-order valence-corrected chi connectivity index (χ4v) is 9.96. The Labute approximate surface area is 720 Å². The van der Waals surface area contributed by atoms with Crippen molar-refractivity contribution in [2.45, 2.75) is 206 Å². The monoisotopic (exact) mass is 1620 g/mol. The maximum atomic E-state index is 5.27. The van der Waals surface area contributed by atoms with Crippen LogP contribution in [0.15, 0.2) is 255 Å². The smallest absolute Gasteiger partial charge is 0.126 e. The van der Waals surface area contributed by atoms with Crippen LogP contribution in [0.3, 0.4) is 0 Å². The molecule has 11 nitrogen and oxygen atoms in total. The van der Waals surface area contributed by atoms with Gasteiger partial charge in [0.1, 0.15) is 63.2 Å². The standard InChI is InChI=1S/4C12H12O2.2C11H10O.C11H16O.13C2H6/c1-13-11-7-3-6-10-9(11)5-4-8-12(10)14-2;1-13-11-5-3-9-4-6-12(14-2)8-10(9)7-11;1-13-10-6-7-11-9(8-10)4-3-5-12(11)14-2;1-13-11-7-8-12(14-2)10-6-4-3-5-9(10)11;1-12-11-8-4-6-9-5-2-3-7-10(9)11;1-12-11-7-6-9-4-2-3-5-10(9)8-11;1-11(2,3)9-5-7-10(12-4)8-6-9;13*1-2/h4*3-8H,1-2H3;2*2-8H,1H3;5-8H,1-4H3;13*1-2H3. The Morgan fingerprint density at radius 3 is 0.686 bits per heavy atom. The maximum Gasteiger partial charge on any atom is 0.126 e. The largest absolute Gasteiger partial charge is 0.497 e. The molecule has 13 aromatic carbocycles. The molecule has 0 bridgehead atoms. The van der Waals surface area contributed by atoms with Crippen molar-refractivity contribution in [1.82, 2.24) is 0 Å². The molecule has 0 aliphatic heterocycles. The van der Waals surface area contributed by atoms with Crippen molar-refractivity contribution in [3.05, 3.63) is 260 Å². The van der Waals surface area contributed by atoms with Crippen LogP contribution in [-0.4, -0.2) is 78.2 Å². The zero-order valence-corrected chi connectivity index (χ0v) is 81.2. The number of hydrogen-bond donors (Lipinski definition) is 0. The summed E-state index contributed by atoms with van der Waals surface area (Å²) in [5, 5.41) is 13.7. The van der Waals surface area contributed by atoms with Crippen LogP contribution in [0.25, 0.3) is 64.6 Å². The second-order valence-corrected chi connectivity index (χ2v) is 21.5. The van der Waals surface area contributed by atoms with E-state index in [1.165, 1.54) is 32.5 Å². The highest BCUT2D eigenvalue weighted by atomic mass is 16.5. The summed E-state index contributed by atoms with van der Waals surface area (Å²) < 4.78 is 57.2. The number of fused-ring (bicyclic) bond motifs is 6.